The van der Waals surface area contributed by atoms with E-state index in [0.717, 1.165) is 16.3 Å². The van der Waals surface area contributed by atoms with E-state index in [2.05, 4.69) is 9.97 Å². The van der Waals surface area contributed by atoms with Gasteiger partial charge in [-0.1, -0.05) is 18.2 Å². The van der Waals surface area contributed by atoms with Gasteiger partial charge in [0.15, 0.2) is 0 Å². The highest BCUT2D eigenvalue weighted by atomic mass is 32.2. The summed E-state index contributed by atoms with van der Waals surface area (Å²) in [5, 5.41) is 12.5. The van der Waals surface area contributed by atoms with Gasteiger partial charge in [0.25, 0.3) is 0 Å². The Kier molecular flexibility index (Phi) is 5.86. The molecular formula is C20H21N3O4S3. The van der Waals surface area contributed by atoms with Crippen molar-refractivity contribution in [2.24, 2.45) is 5.92 Å². The maximum Gasteiger partial charge on any atom is 0.243 e. The topological polar surface area (TPSA) is 100 Å². The van der Waals surface area contributed by atoms with E-state index in [1.165, 1.54) is 27.0 Å². The molecule has 1 saturated heterocycles. The standard InChI is InChI=1S/C20H21N3O4S3/c1-12-5-3-4-6-17(12)30(26,27)23-8-14(9-23)16(25)7-18-22-15(11-28-18)20-13(2)21-19(10-24)29-20/h3-6,11,14,24H,7-10H2,1-2H3. The number of thiazole rings is 2. The molecule has 0 bridgehead atoms. The van der Waals surface area contributed by atoms with Gasteiger partial charge in [0, 0.05) is 24.4 Å². The summed E-state index contributed by atoms with van der Waals surface area (Å²) in [6, 6.07) is 6.87. The first kappa shape index (κ1) is 21.3. The van der Waals surface area contributed by atoms with E-state index in [0.29, 0.717) is 20.5 Å². The summed E-state index contributed by atoms with van der Waals surface area (Å²) in [4.78, 5) is 22.7. The van der Waals surface area contributed by atoms with Gasteiger partial charge in [-0.15, -0.1) is 22.7 Å². The zero-order chi connectivity index (χ0) is 21.5. The lowest BCUT2D eigenvalue weighted by atomic mass is 9.96. The highest BCUT2D eigenvalue weighted by Gasteiger charge is 2.40. The summed E-state index contributed by atoms with van der Waals surface area (Å²) in [7, 11) is -3.57. The lowest BCUT2D eigenvalue weighted by molar-refractivity contribution is -0.125. The van der Waals surface area contributed by atoms with E-state index in [1.54, 1.807) is 31.2 Å². The summed E-state index contributed by atoms with van der Waals surface area (Å²) >= 11 is 2.80. The molecule has 1 fully saturated rings. The lowest BCUT2D eigenvalue weighted by Crippen LogP contribution is -2.53. The minimum atomic E-state index is -3.57. The molecule has 0 atom stereocenters. The quantitative estimate of drug-likeness (QED) is 0.578. The van der Waals surface area contributed by atoms with E-state index in [4.69, 9.17) is 0 Å². The molecule has 3 aromatic rings. The van der Waals surface area contributed by atoms with Gasteiger partial charge in [-0.3, -0.25) is 4.79 Å². The molecule has 2 aromatic heterocycles. The monoisotopic (exact) mass is 463 g/mol. The van der Waals surface area contributed by atoms with E-state index in [1.807, 2.05) is 12.3 Å². The zero-order valence-corrected chi connectivity index (χ0v) is 19.0. The molecule has 4 rings (SSSR count). The summed E-state index contributed by atoms with van der Waals surface area (Å²) in [5.74, 6) is -0.300. The number of carbonyl (C=O) groups excluding carboxylic acids is 1. The first-order valence-corrected chi connectivity index (χ1v) is 12.5. The fraction of sp³-hybridized carbons (Fsp3) is 0.350. The number of rotatable bonds is 7. The molecule has 0 saturated carbocycles. The van der Waals surface area contributed by atoms with E-state index >= 15 is 0 Å². The van der Waals surface area contributed by atoms with Crippen molar-refractivity contribution in [3.05, 3.63) is 50.9 Å². The molecule has 1 aromatic carbocycles. The highest BCUT2D eigenvalue weighted by molar-refractivity contribution is 7.89. The van der Waals surface area contributed by atoms with Crippen molar-refractivity contribution in [2.45, 2.75) is 31.8 Å². The number of aromatic nitrogens is 2. The fourth-order valence-corrected chi connectivity index (χ4v) is 6.88. The second kappa shape index (κ2) is 8.27. The van der Waals surface area contributed by atoms with Crippen LogP contribution in [0.5, 0.6) is 0 Å². The van der Waals surface area contributed by atoms with Gasteiger partial charge in [0.05, 0.1) is 34.2 Å². The van der Waals surface area contributed by atoms with Crippen molar-refractivity contribution in [3.8, 4) is 10.6 Å². The molecule has 7 nitrogen and oxygen atoms in total. The second-order valence-corrected chi connectivity index (χ2v) is 11.2. The number of Topliss-reactive ketones (excluding diaryl/α,β-unsaturated/α-hetero) is 1. The van der Waals surface area contributed by atoms with Gasteiger partial charge < -0.3 is 5.11 Å². The molecule has 1 aliphatic rings. The van der Waals surface area contributed by atoms with Gasteiger partial charge in [0.2, 0.25) is 10.0 Å². The minimum absolute atomic E-state index is 0.00390. The predicted molar refractivity (Wildman–Crippen MR) is 116 cm³/mol. The second-order valence-electron chi connectivity index (χ2n) is 7.23. The number of aryl methyl sites for hydroxylation is 2. The molecule has 1 N–H and O–H groups in total. The van der Waals surface area contributed by atoms with Crippen LogP contribution in [0, 0.1) is 19.8 Å². The van der Waals surface area contributed by atoms with Crippen LogP contribution in [0.1, 0.15) is 21.3 Å². The predicted octanol–water partition coefficient (Wildman–Crippen LogP) is 2.81. The molecule has 0 aliphatic carbocycles. The Morgan fingerprint density at radius 3 is 2.60 bits per heavy atom. The molecule has 0 radical (unpaired) electrons. The molecule has 30 heavy (non-hydrogen) atoms. The van der Waals surface area contributed by atoms with Crippen molar-refractivity contribution in [1.29, 1.82) is 0 Å². The van der Waals surface area contributed by atoms with Crippen LogP contribution in [0.4, 0.5) is 0 Å². The third-order valence-electron chi connectivity index (χ3n) is 5.10. The Labute approximate surface area is 183 Å². The van der Waals surface area contributed by atoms with Crippen molar-refractivity contribution < 1.29 is 18.3 Å². The van der Waals surface area contributed by atoms with Crippen LogP contribution in [0.25, 0.3) is 10.6 Å². The highest BCUT2D eigenvalue weighted by Crippen LogP contribution is 2.32. The smallest absolute Gasteiger partial charge is 0.243 e. The zero-order valence-electron chi connectivity index (χ0n) is 16.5. The van der Waals surface area contributed by atoms with E-state index in [9.17, 15) is 18.3 Å². The Morgan fingerprint density at radius 1 is 1.20 bits per heavy atom. The Balaban J connectivity index is 1.39. The van der Waals surface area contributed by atoms with Gasteiger partial charge >= 0.3 is 0 Å². The number of hydrogen-bond donors (Lipinski definition) is 1. The van der Waals surface area contributed by atoms with Crippen molar-refractivity contribution in [1.82, 2.24) is 14.3 Å². The average Bonchev–Trinajstić information content (AvgIpc) is 3.26. The Morgan fingerprint density at radius 2 is 1.93 bits per heavy atom. The van der Waals surface area contributed by atoms with Crippen molar-refractivity contribution in [2.75, 3.05) is 13.1 Å². The third-order valence-corrected chi connectivity index (χ3v) is 9.11. The normalized spacial score (nSPS) is 15.3. The summed E-state index contributed by atoms with van der Waals surface area (Å²) < 4.78 is 26.9. The molecule has 1 aliphatic heterocycles. The van der Waals surface area contributed by atoms with Crippen LogP contribution in [-0.2, 0) is 27.8 Å². The molecular weight excluding hydrogens is 442 g/mol. The number of aliphatic hydroxyl groups is 1. The lowest BCUT2D eigenvalue weighted by Gasteiger charge is -2.37. The van der Waals surface area contributed by atoms with Gasteiger partial charge in [-0.2, -0.15) is 4.31 Å². The number of ketones is 1. The van der Waals surface area contributed by atoms with Gasteiger partial charge in [-0.25, -0.2) is 18.4 Å². The number of carbonyl (C=O) groups is 1. The van der Waals surface area contributed by atoms with Crippen LogP contribution >= 0.6 is 22.7 Å². The van der Waals surface area contributed by atoms with E-state index < -0.39 is 10.0 Å². The molecule has 0 spiro atoms. The van der Waals surface area contributed by atoms with Crippen molar-refractivity contribution >= 4 is 38.5 Å². The molecule has 3 heterocycles. The SMILES string of the molecule is Cc1ccccc1S(=O)(=O)N1CC(C(=O)Cc2nc(-c3sc(CO)nc3C)cs2)C1. The fourth-order valence-electron chi connectivity index (χ4n) is 3.37. The average molecular weight is 464 g/mol. The van der Waals surface area contributed by atoms with Crippen LogP contribution in [0.2, 0.25) is 0 Å². The number of hydrogen-bond acceptors (Lipinski definition) is 8. The van der Waals surface area contributed by atoms with Gasteiger partial charge in [0.1, 0.15) is 15.8 Å². The minimum Gasteiger partial charge on any atom is -0.389 e. The Hall–Kier alpha value is -1.98. The van der Waals surface area contributed by atoms with Crippen LogP contribution < -0.4 is 0 Å². The number of aliphatic hydroxyl groups excluding tert-OH is 1. The van der Waals surface area contributed by atoms with Crippen LogP contribution in [0.15, 0.2) is 34.5 Å². The summed E-state index contributed by atoms with van der Waals surface area (Å²) in [5.41, 5.74) is 2.27. The largest absolute Gasteiger partial charge is 0.389 e. The van der Waals surface area contributed by atoms with Crippen LogP contribution in [0.3, 0.4) is 0 Å². The molecule has 158 valence electrons. The Bertz CT molecular complexity index is 1190. The third kappa shape index (κ3) is 3.97. The number of benzene rings is 1. The van der Waals surface area contributed by atoms with Crippen LogP contribution in [-0.4, -0.2) is 46.7 Å². The number of nitrogens with zero attached hydrogens (tertiary/aromatic N) is 3. The van der Waals surface area contributed by atoms with E-state index in [-0.39, 0.29) is 37.8 Å². The maximum absolute atomic E-state index is 12.8. The summed E-state index contributed by atoms with van der Waals surface area (Å²) in [6.45, 7) is 3.95. The summed E-state index contributed by atoms with van der Waals surface area (Å²) in [6.07, 6.45) is 0.193. The first-order valence-electron chi connectivity index (χ1n) is 9.40. The maximum atomic E-state index is 12.8. The number of sulfonamides is 1. The van der Waals surface area contributed by atoms with Gasteiger partial charge in [-0.05, 0) is 25.5 Å². The molecule has 0 unspecified atom stereocenters. The first-order chi connectivity index (χ1) is 14.3. The molecule has 0 amide bonds. The van der Waals surface area contributed by atoms with Crippen molar-refractivity contribution in [3.63, 3.8) is 0 Å². The molecule has 10 heteroatoms.